The number of aryl methyl sites for hydroxylation is 1. The van der Waals surface area contributed by atoms with Gasteiger partial charge in [0, 0.05) is 51.4 Å². The Hall–Kier alpha value is -1.92. The third-order valence-corrected chi connectivity index (χ3v) is 6.17. The molecule has 24 heavy (non-hydrogen) atoms. The van der Waals surface area contributed by atoms with Gasteiger partial charge in [-0.25, -0.2) is 4.98 Å². The summed E-state index contributed by atoms with van der Waals surface area (Å²) in [6.45, 7) is 4.58. The van der Waals surface area contributed by atoms with Gasteiger partial charge in [-0.05, 0) is 34.2 Å². The highest BCUT2D eigenvalue weighted by molar-refractivity contribution is 7.07. The highest BCUT2D eigenvalue weighted by atomic mass is 32.1. The van der Waals surface area contributed by atoms with E-state index in [0.717, 1.165) is 31.3 Å². The van der Waals surface area contributed by atoms with Crippen LogP contribution in [-0.4, -0.2) is 37.3 Å². The summed E-state index contributed by atoms with van der Waals surface area (Å²) in [6, 6.07) is 2.25. The lowest BCUT2D eigenvalue weighted by Gasteiger charge is -2.26. The van der Waals surface area contributed by atoms with Gasteiger partial charge in [0.2, 0.25) is 0 Å². The van der Waals surface area contributed by atoms with Crippen LogP contribution in [0.15, 0.2) is 35.4 Å². The van der Waals surface area contributed by atoms with Gasteiger partial charge in [0.25, 0.3) is 0 Å². The number of rotatable bonds is 3. The van der Waals surface area contributed by atoms with Crippen LogP contribution in [-0.2, 0) is 26.6 Å². The first-order chi connectivity index (χ1) is 11.8. The van der Waals surface area contributed by atoms with Crippen LogP contribution in [0.4, 0.5) is 0 Å². The fourth-order valence-electron chi connectivity index (χ4n) is 4.28. The Morgan fingerprint density at radius 2 is 2.12 bits per heavy atom. The Morgan fingerprint density at radius 1 is 1.21 bits per heavy atom. The van der Waals surface area contributed by atoms with Gasteiger partial charge >= 0.3 is 0 Å². The number of imidazole rings is 1. The van der Waals surface area contributed by atoms with Crippen molar-refractivity contribution in [2.45, 2.75) is 19.5 Å². The van der Waals surface area contributed by atoms with E-state index in [1.807, 2.05) is 24.1 Å². The molecule has 0 bridgehead atoms. The lowest BCUT2D eigenvalue weighted by Crippen LogP contribution is -2.28. The van der Waals surface area contributed by atoms with Crippen LogP contribution < -0.4 is 0 Å². The van der Waals surface area contributed by atoms with Crippen molar-refractivity contribution >= 4 is 11.3 Å². The van der Waals surface area contributed by atoms with E-state index in [1.165, 1.54) is 35.7 Å². The minimum Gasteiger partial charge on any atom is -0.328 e. The zero-order chi connectivity index (χ0) is 16.1. The summed E-state index contributed by atoms with van der Waals surface area (Å²) in [7, 11) is 1.96. The van der Waals surface area contributed by atoms with E-state index in [4.69, 9.17) is 4.98 Å². The molecule has 5 heterocycles. The van der Waals surface area contributed by atoms with Gasteiger partial charge in [-0.1, -0.05) is 0 Å². The number of hydrogen-bond acceptors (Lipinski definition) is 4. The van der Waals surface area contributed by atoms with Gasteiger partial charge < -0.3 is 4.57 Å². The topological polar surface area (TPSA) is 38.9 Å². The van der Waals surface area contributed by atoms with Gasteiger partial charge in [-0.2, -0.15) is 16.4 Å². The molecule has 0 aromatic carbocycles. The summed E-state index contributed by atoms with van der Waals surface area (Å²) in [5, 5.41) is 8.76. The molecular weight excluding hydrogens is 318 g/mol. The summed E-state index contributed by atoms with van der Waals surface area (Å²) < 4.78 is 4.28. The summed E-state index contributed by atoms with van der Waals surface area (Å²) in [5.41, 5.74) is 3.84. The quantitative estimate of drug-likeness (QED) is 0.736. The first-order valence-corrected chi connectivity index (χ1v) is 9.47. The Kier molecular flexibility index (Phi) is 3.35. The van der Waals surface area contributed by atoms with Crippen molar-refractivity contribution in [3.63, 3.8) is 0 Å². The maximum atomic E-state index is 4.71. The number of aromatic nitrogens is 4. The molecule has 0 spiro atoms. The van der Waals surface area contributed by atoms with Crippen LogP contribution in [0, 0.1) is 11.8 Å². The van der Waals surface area contributed by atoms with E-state index in [2.05, 4.69) is 37.6 Å². The molecule has 2 aliphatic heterocycles. The van der Waals surface area contributed by atoms with Crippen molar-refractivity contribution in [3.8, 4) is 11.3 Å². The Bertz CT molecular complexity index is 847. The fourth-order valence-corrected chi connectivity index (χ4v) is 4.94. The Labute approximate surface area is 145 Å². The molecule has 3 aromatic rings. The van der Waals surface area contributed by atoms with Crippen LogP contribution in [0.25, 0.3) is 11.3 Å². The predicted molar refractivity (Wildman–Crippen MR) is 94.7 cm³/mol. The van der Waals surface area contributed by atoms with Gasteiger partial charge in [0.15, 0.2) is 0 Å². The van der Waals surface area contributed by atoms with Crippen LogP contribution >= 0.6 is 11.3 Å². The number of nitrogens with zero attached hydrogens (tertiary/aromatic N) is 5. The molecule has 5 rings (SSSR count). The molecule has 0 saturated carbocycles. The Morgan fingerprint density at radius 3 is 2.92 bits per heavy atom. The van der Waals surface area contributed by atoms with Crippen LogP contribution in [0.3, 0.4) is 0 Å². The molecule has 1 fully saturated rings. The highest BCUT2D eigenvalue weighted by Crippen LogP contribution is 2.35. The van der Waals surface area contributed by atoms with E-state index in [0.29, 0.717) is 0 Å². The largest absolute Gasteiger partial charge is 0.328 e. The third kappa shape index (κ3) is 2.41. The molecule has 0 aliphatic carbocycles. The molecule has 0 radical (unpaired) electrons. The molecule has 3 aromatic heterocycles. The zero-order valence-corrected chi connectivity index (χ0v) is 14.6. The van der Waals surface area contributed by atoms with Crippen molar-refractivity contribution in [1.82, 2.24) is 24.2 Å². The molecule has 0 N–H and O–H groups in total. The van der Waals surface area contributed by atoms with Gasteiger partial charge in [0.1, 0.15) is 5.82 Å². The maximum Gasteiger partial charge on any atom is 0.109 e. The number of likely N-dealkylation sites (tertiary alicyclic amines) is 1. The molecular formula is C18H21N5S. The minimum atomic E-state index is 0.737. The molecule has 2 aliphatic rings. The average molecular weight is 339 g/mol. The molecule has 0 unspecified atom stereocenters. The summed E-state index contributed by atoms with van der Waals surface area (Å²) in [5.74, 6) is 2.73. The van der Waals surface area contributed by atoms with E-state index in [1.54, 1.807) is 11.3 Å². The molecule has 1 saturated heterocycles. The molecule has 2 atom stereocenters. The first-order valence-electron chi connectivity index (χ1n) is 8.53. The third-order valence-electron chi connectivity index (χ3n) is 5.44. The molecule has 5 nitrogen and oxygen atoms in total. The van der Waals surface area contributed by atoms with Crippen molar-refractivity contribution < 1.29 is 0 Å². The first kappa shape index (κ1) is 14.4. The minimum absolute atomic E-state index is 0.737. The molecule has 0 amide bonds. The molecule has 6 heteroatoms. The second kappa shape index (κ2) is 5.57. The number of fused-ring (bicyclic) bond motifs is 2. The Balaban J connectivity index is 1.36. The highest BCUT2D eigenvalue weighted by Gasteiger charge is 2.37. The van der Waals surface area contributed by atoms with Crippen molar-refractivity contribution in [3.05, 3.63) is 46.8 Å². The van der Waals surface area contributed by atoms with Gasteiger partial charge in [-0.15, -0.1) is 0 Å². The predicted octanol–water partition coefficient (Wildman–Crippen LogP) is 2.65. The fraction of sp³-hybridized carbons (Fsp3) is 0.444. The lowest BCUT2D eigenvalue weighted by molar-refractivity contribution is 0.307. The summed E-state index contributed by atoms with van der Waals surface area (Å²) in [6.07, 6.45) is 7.14. The second-order valence-electron chi connectivity index (χ2n) is 7.12. The summed E-state index contributed by atoms with van der Waals surface area (Å²) in [4.78, 5) is 7.33. The second-order valence-corrected chi connectivity index (χ2v) is 7.90. The van der Waals surface area contributed by atoms with Crippen LogP contribution in [0.5, 0.6) is 0 Å². The van der Waals surface area contributed by atoms with Gasteiger partial charge in [-0.3, -0.25) is 9.58 Å². The van der Waals surface area contributed by atoms with Crippen molar-refractivity contribution in [2.24, 2.45) is 18.9 Å². The average Bonchev–Trinajstić information content (AvgIpc) is 3.31. The smallest absolute Gasteiger partial charge is 0.109 e. The van der Waals surface area contributed by atoms with Crippen LogP contribution in [0.2, 0.25) is 0 Å². The van der Waals surface area contributed by atoms with E-state index >= 15 is 0 Å². The number of hydrogen-bond donors (Lipinski definition) is 0. The van der Waals surface area contributed by atoms with E-state index in [-0.39, 0.29) is 0 Å². The normalized spacial score (nSPS) is 23.4. The zero-order valence-electron chi connectivity index (χ0n) is 13.8. The van der Waals surface area contributed by atoms with Crippen LogP contribution in [0.1, 0.15) is 11.4 Å². The maximum absolute atomic E-state index is 4.71. The summed E-state index contributed by atoms with van der Waals surface area (Å²) >= 11 is 1.79. The SMILES string of the molecule is Cn1cc(-c2cnc3n2C[C@H]2CN(Cc4ccsc4)C[C@H]2C3)cn1. The monoisotopic (exact) mass is 339 g/mol. The molecule has 124 valence electrons. The van der Waals surface area contributed by atoms with E-state index < -0.39 is 0 Å². The van der Waals surface area contributed by atoms with Crippen molar-refractivity contribution in [1.29, 1.82) is 0 Å². The van der Waals surface area contributed by atoms with Crippen molar-refractivity contribution in [2.75, 3.05) is 13.1 Å². The van der Waals surface area contributed by atoms with E-state index in [9.17, 15) is 0 Å². The van der Waals surface area contributed by atoms with Gasteiger partial charge in [0.05, 0.1) is 18.1 Å². The standard InChI is InChI=1S/C18H21N5S/c1-21-8-15(5-20-21)17-6-19-18-4-14-9-22(7-13-2-3-24-12-13)10-16(14)11-23(17)18/h2-3,5-6,8,12,14,16H,4,7,9-11H2,1H3/t14-,16-/m1/s1. The lowest BCUT2D eigenvalue weighted by atomic mass is 9.89. The number of thiophene rings is 1.